The standard InChI is InChI=1S/C25H33N3O5S/c1-33-21-13-8-12-20(18-21)28(34(2,31)32)17-9-16-24(29)27-23-15-7-6-14-22(23)25(30)26-19-10-4-3-5-11-19/h6-8,12-15,18-19H,3-5,9-11,16-17H2,1-2H3,(H,26,30)(H,27,29). The summed E-state index contributed by atoms with van der Waals surface area (Å²) >= 11 is 0. The number of rotatable bonds is 10. The van der Waals surface area contributed by atoms with E-state index in [1.165, 1.54) is 17.8 Å². The summed E-state index contributed by atoms with van der Waals surface area (Å²) in [4.78, 5) is 25.4. The Bertz CT molecular complexity index is 1100. The van der Waals surface area contributed by atoms with Gasteiger partial charge in [0.15, 0.2) is 0 Å². The van der Waals surface area contributed by atoms with Gasteiger partial charge in [-0.15, -0.1) is 0 Å². The molecule has 0 spiro atoms. The lowest BCUT2D eigenvalue weighted by Gasteiger charge is -2.23. The van der Waals surface area contributed by atoms with Crippen molar-refractivity contribution in [1.29, 1.82) is 0 Å². The molecular formula is C25H33N3O5S. The van der Waals surface area contributed by atoms with Crippen LogP contribution >= 0.6 is 0 Å². The molecule has 1 fully saturated rings. The maximum atomic E-state index is 12.8. The topological polar surface area (TPSA) is 105 Å². The van der Waals surface area contributed by atoms with Gasteiger partial charge >= 0.3 is 0 Å². The second-order valence-electron chi connectivity index (χ2n) is 8.54. The number of nitrogens with zero attached hydrogens (tertiary/aromatic N) is 1. The van der Waals surface area contributed by atoms with Gasteiger partial charge in [0, 0.05) is 25.1 Å². The summed E-state index contributed by atoms with van der Waals surface area (Å²) in [5, 5.41) is 5.89. The Labute approximate surface area is 201 Å². The zero-order valence-electron chi connectivity index (χ0n) is 19.7. The number of hydrogen-bond acceptors (Lipinski definition) is 5. The molecule has 184 valence electrons. The molecule has 0 radical (unpaired) electrons. The minimum atomic E-state index is -3.54. The minimum absolute atomic E-state index is 0.106. The van der Waals surface area contributed by atoms with Crippen LogP contribution in [0.2, 0.25) is 0 Å². The third-order valence-electron chi connectivity index (χ3n) is 5.89. The van der Waals surface area contributed by atoms with E-state index in [2.05, 4.69) is 10.6 Å². The third kappa shape index (κ3) is 7.21. The van der Waals surface area contributed by atoms with Crippen molar-refractivity contribution < 1.29 is 22.7 Å². The SMILES string of the molecule is COc1cccc(N(CCCC(=O)Nc2ccccc2C(=O)NC2CCCCC2)S(C)(=O)=O)c1. The molecule has 34 heavy (non-hydrogen) atoms. The maximum Gasteiger partial charge on any atom is 0.253 e. The second-order valence-corrected chi connectivity index (χ2v) is 10.4. The Hall–Kier alpha value is -3.07. The van der Waals surface area contributed by atoms with Gasteiger partial charge in [-0.2, -0.15) is 0 Å². The molecule has 0 bridgehead atoms. The minimum Gasteiger partial charge on any atom is -0.497 e. The van der Waals surface area contributed by atoms with E-state index in [1.807, 2.05) is 0 Å². The summed E-state index contributed by atoms with van der Waals surface area (Å²) in [6.45, 7) is 0.142. The van der Waals surface area contributed by atoms with Gasteiger partial charge in [0.1, 0.15) is 5.75 Å². The van der Waals surface area contributed by atoms with Crippen LogP contribution in [0.5, 0.6) is 5.75 Å². The largest absolute Gasteiger partial charge is 0.497 e. The van der Waals surface area contributed by atoms with Crippen molar-refractivity contribution in [1.82, 2.24) is 5.32 Å². The van der Waals surface area contributed by atoms with Crippen LogP contribution in [-0.4, -0.2) is 46.2 Å². The monoisotopic (exact) mass is 487 g/mol. The van der Waals surface area contributed by atoms with Crippen molar-refractivity contribution in [2.24, 2.45) is 0 Å². The second kappa shape index (κ2) is 11.9. The zero-order valence-corrected chi connectivity index (χ0v) is 20.6. The molecule has 2 aromatic rings. The van der Waals surface area contributed by atoms with Gasteiger partial charge < -0.3 is 15.4 Å². The Morgan fingerprint density at radius 2 is 1.79 bits per heavy atom. The molecule has 0 aliphatic heterocycles. The number of benzene rings is 2. The molecule has 8 nitrogen and oxygen atoms in total. The number of ether oxygens (including phenoxy) is 1. The molecule has 0 atom stereocenters. The fourth-order valence-corrected chi connectivity index (χ4v) is 5.11. The number of carbonyl (C=O) groups is 2. The molecule has 0 heterocycles. The summed E-state index contributed by atoms with van der Waals surface area (Å²) in [6.07, 6.45) is 6.93. The number of carbonyl (C=O) groups excluding carboxylic acids is 2. The van der Waals surface area contributed by atoms with E-state index in [0.717, 1.165) is 31.9 Å². The number of nitrogens with one attached hydrogen (secondary N) is 2. The van der Waals surface area contributed by atoms with Gasteiger partial charge in [0.25, 0.3) is 5.91 Å². The first-order valence-electron chi connectivity index (χ1n) is 11.6. The van der Waals surface area contributed by atoms with Gasteiger partial charge in [-0.3, -0.25) is 13.9 Å². The van der Waals surface area contributed by atoms with Crippen LogP contribution in [0.4, 0.5) is 11.4 Å². The summed E-state index contributed by atoms with van der Waals surface area (Å²) < 4.78 is 31.1. The molecule has 2 N–H and O–H groups in total. The fourth-order valence-electron chi connectivity index (χ4n) is 4.15. The van der Waals surface area contributed by atoms with Gasteiger partial charge in [-0.1, -0.05) is 37.5 Å². The smallest absolute Gasteiger partial charge is 0.253 e. The van der Waals surface area contributed by atoms with E-state index in [0.29, 0.717) is 29.1 Å². The van der Waals surface area contributed by atoms with Crippen LogP contribution < -0.4 is 19.7 Å². The van der Waals surface area contributed by atoms with Crippen LogP contribution in [0.3, 0.4) is 0 Å². The van der Waals surface area contributed by atoms with Gasteiger partial charge in [0.05, 0.1) is 30.3 Å². The highest BCUT2D eigenvalue weighted by atomic mass is 32.2. The molecule has 0 saturated heterocycles. The highest BCUT2D eigenvalue weighted by Gasteiger charge is 2.20. The summed E-state index contributed by atoms with van der Waals surface area (Å²) in [7, 11) is -2.02. The Morgan fingerprint density at radius 3 is 2.50 bits per heavy atom. The molecular weight excluding hydrogens is 454 g/mol. The first kappa shape index (κ1) is 25.6. The van der Waals surface area contributed by atoms with Crippen molar-refractivity contribution in [3.63, 3.8) is 0 Å². The van der Waals surface area contributed by atoms with E-state index < -0.39 is 10.0 Å². The lowest BCUT2D eigenvalue weighted by atomic mass is 9.95. The van der Waals surface area contributed by atoms with Gasteiger partial charge in [-0.05, 0) is 43.5 Å². The van der Waals surface area contributed by atoms with Crippen LogP contribution in [-0.2, 0) is 14.8 Å². The normalized spacial score (nSPS) is 14.3. The van der Waals surface area contributed by atoms with Crippen LogP contribution in [0, 0.1) is 0 Å². The van der Waals surface area contributed by atoms with Crippen LogP contribution in [0.1, 0.15) is 55.3 Å². The number of methoxy groups -OCH3 is 1. The van der Waals surface area contributed by atoms with Crippen molar-refractivity contribution in [3.05, 3.63) is 54.1 Å². The first-order chi connectivity index (χ1) is 16.3. The summed E-state index contributed by atoms with van der Waals surface area (Å²) in [5.74, 6) is 0.0769. The van der Waals surface area contributed by atoms with Crippen LogP contribution in [0.25, 0.3) is 0 Å². The van der Waals surface area contributed by atoms with Crippen molar-refractivity contribution >= 4 is 33.2 Å². The fraction of sp³-hybridized carbons (Fsp3) is 0.440. The van der Waals surface area contributed by atoms with E-state index in [4.69, 9.17) is 4.74 Å². The number of anilines is 2. The van der Waals surface area contributed by atoms with Crippen LogP contribution in [0.15, 0.2) is 48.5 Å². The average molecular weight is 488 g/mol. The van der Waals surface area contributed by atoms with Crippen molar-refractivity contribution in [2.45, 2.75) is 51.0 Å². The molecule has 1 saturated carbocycles. The highest BCUT2D eigenvalue weighted by molar-refractivity contribution is 7.92. The maximum absolute atomic E-state index is 12.8. The molecule has 2 aromatic carbocycles. The first-order valence-corrected chi connectivity index (χ1v) is 13.4. The van der Waals surface area contributed by atoms with Crippen molar-refractivity contribution in [2.75, 3.05) is 29.5 Å². The van der Waals surface area contributed by atoms with E-state index in [9.17, 15) is 18.0 Å². The van der Waals surface area contributed by atoms with E-state index >= 15 is 0 Å². The Kier molecular flexibility index (Phi) is 8.92. The Balaban J connectivity index is 1.59. The van der Waals surface area contributed by atoms with Gasteiger partial charge in [-0.25, -0.2) is 8.42 Å². The van der Waals surface area contributed by atoms with E-state index in [1.54, 1.807) is 48.5 Å². The molecule has 2 amide bonds. The third-order valence-corrected chi connectivity index (χ3v) is 7.09. The van der Waals surface area contributed by atoms with E-state index in [-0.39, 0.29) is 30.8 Å². The lowest BCUT2D eigenvalue weighted by molar-refractivity contribution is -0.116. The predicted molar refractivity (Wildman–Crippen MR) is 134 cm³/mol. The number of hydrogen-bond donors (Lipinski definition) is 2. The molecule has 9 heteroatoms. The quantitative estimate of drug-likeness (QED) is 0.528. The number of sulfonamides is 1. The molecule has 1 aliphatic carbocycles. The average Bonchev–Trinajstić information content (AvgIpc) is 2.82. The lowest BCUT2D eigenvalue weighted by Crippen LogP contribution is -2.36. The van der Waals surface area contributed by atoms with Gasteiger partial charge in [0.2, 0.25) is 15.9 Å². The number of amides is 2. The predicted octanol–water partition coefficient (Wildman–Crippen LogP) is 3.94. The number of para-hydroxylation sites is 1. The summed E-state index contributed by atoms with van der Waals surface area (Å²) in [5.41, 5.74) is 1.36. The van der Waals surface area contributed by atoms with Crippen molar-refractivity contribution in [3.8, 4) is 5.75 Å². The summed E-state index contributed by atoms with van der Waals surface area (Å²) in [6, 6.07) is 13.9. The zero-order chi connectivity index (χ0) is 24.6. The highest BCUT2D eigenvalue weighted by Crippen LogP contribution is 2.24. The molecule has 0 unspecified atom stereocenters. The molecule has 3 rings (SSSR count). The Morgan fingerprint density at radius 1 is 1.06 bits per heavy atom. The molecule has 0 aromatic heterocycles. The molecule has 1 aliphatic rings.